The number of rotatable bonds is 4. The van der Waals surface area contributed by atoms with Crippen LogP contribution in [0.25, 0.3) is 10.8 Å². The van der Waals surface area contributed by atoms with Crippen molar-refractivity contribution in [2.75, 3.05) is 5.32 Å². The molecule has 2 nitrogen and oxygen atoms in total. The molecule has 0 saturated heterocycles. The van der Waals surface area contributed by atoms with Gasteiger partial charge >= 0.3 is 0 Å². The first-order valence-corrected chi connectivity index (χ1v) is 10.8. The van der Waals surface area contributed by atoms with Gasteiger partial charge < -0.3 is 5.32 Å². The Morgan fingerprint density at radius 1 is 1.07 bits per heavy atom. The Balaban J connectivity index is 1.55. The average molecular weight is 386 g/mol. The van der Waals surface area contributed by atoms with E-state index in [0.29, 0.717) is 5.41 Å². The topological polar surface area (TPSA) is 29.1 Å². The highest BCUT2D eigenvalue weighted by molar-refractivity contribution is 6.06. The number of nitrogens with one attached hydrogen (secondary N) is 1. The van der Waals surface area contributed by atoms with E-state index in [-0.39, 0.29) is 5.91 Å². The first kappa shape index (κ1) is 19.7. The Morgan fingerprint density at radius 2 is 1.90 bits per heavy atom. The molecule has 0 bridgehead atoms. The van der Waals surface area contributed by atoms with E-state index in [1.54, 1.807) is 0 Å². The van der Waals surface area contributed by atoms with Crippen molar-refractivity contribution < 1.29 is 4.79 Å². The molecule has 1 saturated carbocycles. The number of aryl methyl sites for hydroxylation is 1. The molecule has 0 spiro atoms. The van der Waals surface area contributed by atoms with Crippen LogP contribution in [0, 0.1) is 18.3 Å². The van der Waals surface area contributed by atoms with Crippen LogP contribution >= 0.6 is 0 Å². The molecule has 0 heterocycles. The lowest BCUT2D eigenvalue weighted by atomic mass is 9.70. The molecule has 1 aliphatic carbocycles. The summed E-state index contributed by atoms with van der Waals surface area (Å²) >= 11 is 0. The van der Waals surface area contributed by atoms with Crippen molar-refractivity contribution in [3.8, 4) is 0 Å². The molecule has 150 valence electrons. The average Bonchev–Trinajstić information content (AvgIpc) is 2.67. The molecule has 1 N–H and O–H groups in total. The number of anilines is 1. The summed E-state index contributed by atoms with van der Waals surface area (Å²) in [7, 11) is 0. The Labute approximate surface area is 174 Å². The molecule has 2 heteroatoms. The van der Waals surface area contributed by atoms with E-state index in [0.717, 1.165) is 29.2 Å². The smallest absolute Gasteiger partial charge is 0.255 e. The van der Waals surface area contributed by atoms with Crippen molar-refractivity contribution in [2.45, 2.75) is 52.9 Å². The summed E-state index contributed by atoms with van der Waals surface area (Å²) in [6, 6.07) is 20.6. The van der Waals surface area contributed by atoms with Gasteiger partial charge in [-0.05, 0) is 77.6 Å². The zero-order valence-electron chi connectivity index (χ0n) is 17.8. The molecule has 3 aromatic carbocycles. The maximum atomic E-state index is 12.7. The molecule has 29 heavy (non-hydrogen) atoms. The van der Waals surface area contributed by atoms with Gasteiger partial charge in [0.1, 0.15) is 0 Å². The summed E-state index contributed by atoms with van der Waals surface area (Å²) in [6.07, 6.45) is 6.49. The number of amides is 1. The van der Waals surface area contributed by atoms with E-state index in [1.807, 2.05) is 37.3 Å². The van der Waals surface area contributed by atoms with E-state index in [2.05, 4.69) is 49.5 Å². The molecule has 4 rings (SSSR count). The summed E-state index contributed by atoms with van der Waals surface area (Å²) in [6.45, 7) is 6.78. The van der Waals surface area contributed by atoms with Gasteiger partial charge in [0.05, 0.1) is 0 Å². The fraction of sp³-hybridized carbons (Fsp3) is 0.370. The molecular weight excluding hydrogens is 354 g/mol. The normalized spacial score (nSPS) is 18.5. The minimum Gasteiger partial charge on any atom is -0.322 e. The molecule has 0 aromatic heterocycles. The van der Waals surface area contributed by atoms with E-state index >= 15 is 0 Å². The SMILES string of the molecule is Cc1ccccc1C(=O)Nc1ccc2c(CC3CCCC(C)(C)C3)cccc2c1. The van der Waals surface area contributed by atoms with Crippen molar-refractivity contribution in [1.82, 2.24) is 0 Å². The zero-order chi connectivity index (χ0) is 20.4. The number of hydrogen-bond donors (Lipinski definition) is 1. The predicted molar refractivity (Wildman–Crippen MR) is 123 cm³/mol. The van der Waals surface area contributed by atoms with Gasteiger partial charge in [-0.2, -0.15) is 0 Å². The van der Waals surface area contributed by atoms with Crippen LogP contribution in [0.1, 0.15) is 61.0 Å². The van der Waals surface area contributed by atoms with Gasteiger partial charge in [-0.15, -0.1) is 0 Å². The second-order valence-corrected chi connectivity index (χ2v) is 9.45. The maximum absolute atomic E-state index is 12.7. The van der Waals surface area contributed by atoms with Crippen LogP contribution in [0.4, 0.5) is 5.69 Å². The van der Waals surface area contributed by atoms with Crippen LogP contribution in [0.5, 0.6) is 0 Å². The van der Waals surface area contributed by atoms with Crippen molar-refractivity contribution >= 4 is 22.4 Å². The van der Waals surface area contributed by atoms with Crippen molar-refractivity contribution in [3.63, 3.8) is 0 Å². The Kier molecular flexibility index (Phi) is 5.45. The van der Waals surface area contributed by atoms with Crippen LogP contribution in [0.2, 0.25) is 0 Å². The number of hydrogen-bond acceptors (Lipinski definition) is 1. The van der Waals surface area contributed by atoms with E-state index in [1.165, 1.54) is 42.0 Å². The number of fused-ring (bicyclic) bond motifs is 1. The van der Waals surface area contributed by atoms with E-state index < -0.39 is 0 Å². The third-order valence-corrected chi connectivity index (χ3v) is 6.43. The van der Waals surface area contributed by atoms with Gasteiger partial charge in [0, 0.05) is 11.3 Å². The molecule has 1 unspecified atom stereocenters. The van der Waals surface area contributed by atoms with Gasteiger partial charge in [-0.3, -0.25) is 4.79 Å². The van der Waals surface area contributed by atoms with Crippen molar-refractivity contribution in [2.24, 2.45) is 11.3 Å². The summed E-state index contributed by atoms with van der Waals surface area (Å²) in [5.74, 6) is 0.716. The lowest BCUT2D eigenvalue weighted by molar-refractivity contribution is 0.102. The third kappa shape index (κ3) is 4.53. The quantitative estimate of drug-likeness (QED) is 0.507. The van der Waals surface area contributed by atoms with Gasteiger partial charge in [0.25, 0.3) is 5.91 Å². The maximum Gasteiger partial charge on any atom is 0.255 e. The van der Waals surface area contributed by atoms with Crippen molar-refractivity contribution in [3.05, 3.63) is 77.4 Å². The second-order valence-electron chi connectivity index (χ2n) is 9.45. The van der Waals surface area contributed by atoms with Gasteiger partial charge in [0.15, 0.2) is 0 Å². The largest absolute Gasteiger partial charge is 0.322 e. The van der Waals surface area contributed by atoms with E-state index in [4.69, 9.17) is 0 Å². The number of carbonyl (C=O) groups excluding carboxylic acids is 1. The first-order chi connectivity index (χ1) is 13.9. The fourth-order valence-electron chi connectivity index (χ4n) is 4.97. The van der Waals surface area contributed by atoms with Gasteiger partial charge in [-0.25, -0.2) is 0 Å². The zero-order valence-corrected chi connectivity index (χ0v) is 17.8. The standard InChI is InChI=1S/C27H31NO/c1-19-8-4-5-12-24(19)26(29)28-23-13-14-25-21(10-6-11-22(25)17-23)16-20-9-7-15-27(2,3)18-20/h4-6,8,10-14,17,20H,7,9,15-16,18H2,1-3H3,(H,28,29). The Bertz CT molecular complexity index is 1030. The lowest BCUT2D eigenvalue weighted by Crippen LogP contribution is -2.23. The molecule has 1 amide bonds. The third-order valence-electron chi connectivity index (χ3n) is 6.43. The number of carbonyl (C=O) groups is 1. The van der Waals surface area contributed by atoms with Crippen LogP contribution in [0.15, 0.2) is 60.7 Å². The number of benzene rings is 3. The molecule has 0 radical (unpaired) electrons. The minimum atomic E-state index is -0.0527. The highest BCUT2D eigenvalue weighted by Gasteiger charge is 2.28. The minimum absolute atomic E-state index is 0.0527. The highest BCUT2D eigenvalue weighted by Crippen LogP contribution is 2.40. The molecule has 3 aromatic rings. The van der Waals surface area contributed by atoms with Crippen molar-refractivity contribution in [1.29, 1.82) is 0 Å². The molecule has 1 aliphatic rings. The summed E-state index contributed by atoms with van der Waals surface area (Å²) in [5, 5.41) is 5.57. The van der Waals surface area contributed by atoms with Gasteiger partial charge in [0.2, 0.25) is 0 Å². The summed E-state index contributed by atoms with van der Waals surface area (Å²) < 4.78 is 0. The highest BCUT2D eigenvalue weighted by atomic mass is 16.1. The first-order valence-electron chi connectivity index (χ1n) is 10.8. The van der Waals surface area contributed by atoms with Crippen LogP contribution in [0.3, 0.4) is 0 Å². The molecular formula is C27H31NO. The lowest BCUT2D eigenvalue weighted by Gasteiger charge is -2.35. The second kappa shape index (κ2) is 8.02. The summed E-state index contributed by atoms with van der Waals surface area (Å²) in [5.41, 5.74) is 4.47. The predicted octanol–water partition coefficient (Wildman–Crippen LogP) is 7.16. The van der Waals surface area contributed by atoms with E-state index in [9.17, 15) is 4.79 Å². The molecule has 0 aliphatic heterocycles. The fourth-order valence-corrected chi connectivity index (χ4v) is 4.97. The summed E-state index contributed by atoms with van der Waals surface area (Å²) in [4.78, 5) is 12.7. The van der Waals surface area contributed by atoms with Crippen LogP contribution in [-0.4, -0.2) is 5.91 Å². The Morgan fingerprint density at radius 3 is 2.69 bits per heavy atom. The molecule has 1 fully saturated rings. The van der Waals surface area contributed by atoms with Crippen LogP contribution in [-0.2, 0) is 6.42 Å². The van der Waals surface area contributed by atoms with Gasteiger partial charge in [-0.1, -0.05) is 69.2 Å². The molecule has 1 atom stereocenters. The van der Waals surface area contributed by atoms with Crippen LogP contribution < -0.4 is 5.32 Å². The monoisotopic (exact) mass is 385 g/mol. The Hall–Kier alpha value is -2.61.